The summed E-state index contributed by atoms with van der Waals surface area (Å²) >= 11 is 1.53. The van der Waals surface area contributed by atoms with Crippen molar-refractivity contribution in [3.05, 3.63) is 35.4 Å². The molecular weight excluding hydrogens is 273 g/mol. The fourth-order valence-corrected chi connectivity index (χ4v) is 3.11. The van der Waals surface area contributed by atoms with Crippen molar-refractivity contribution in [3.8, 4) is 0 Å². The number of nitrogens with zero attached hydrogens (tertiary/aromatic N) is 1. The Bertz CT molecular complexity index is 470. The summed E-state index contributed by atoms with van der Waals surface area (Å²) in [6.45, 7) is 1.98. The first-order valence-corrected chi connectivity index (χ1v) is 7.13. The summed E-state index contributed by atoms with van der Waals surface area (Å²) in [4.78, 5) is 4.44. The predicted octanol–water partition coefficient (Wildman–Crippen LogP) is 3.28. The number of thioether (sulfide) groups is 1. The van der Waals surface area contributed by atoms with Crippen molar-refractivity contribution < 1.29 is 8.78 Å². The Morgan fingerprint density at radius 2 is 2.00 bits per heavy atom. The van der Waals surface area contributed by atoms with Gasteiger partial charge in [-0.25, -0.2) is 0 Å². The standard InChI is InChI=1S/C12H15F2N2PS/c1-11(6-7-18-10(15)16-11)8-2-4-9(5-3-8)12(13,14)17/h2-5H,6-7,17H2,1H3,(H2,15,16). The molecule has 2 rings (SSSR count). The third-order valence-electron chi connectivity index (χ3n) is 3.09. The minimum atomic E-state index is -2.88. The predicted molar refractivity (Wildman–Crippen MR) is 76.1 cm³/mol. The van der Waals surface area contributed by atoms with Gasteiger partial charge in [0.1, 0.15) is 0 Å². The lowest BCUT2D eigenvalue weighted by atomic mass is 9.89. The largest absolute Gasteiger partial charge is 0.379 e. The molecule has 18 heavy (non-hydrogen) atoms. The summed E-state index contributed by atoms with van der Waals surface area (Å²) < 4.78 is 26.2. The zero-order valence-corrected chi connectivity index (χ0v) is 12.0. The molecule has 0 aliphatic carbocycles. The third-order valence-corrected chi connectivity index (χ3v) is 4.22. The van der Waals surface area contributed by atoms with Gasteiger partial charge in [0.2, 0.25) is 0 Å². The molecule has 0 amide bonds. The zero-order chi connectivity index (χ0) is 13.4. The van der Waals surface area contributed by atoms with Crippen molar-refractivity contribution in [1.82, 2.24) is 0 Å². The molecule has 1 heterocycles. The maximum absolute atomic E-state index is 13.1. The number of amidine groups is 1. The molecule has 0 saturated carbocycles. The Hall–Kier alpha value is -0.670. The van der Waals surface area contributed by atoms with Gasteiger partial charge in [-0.05, 0) is 18.9 Å². The molecule has 0 saturated heterocycles. The second kappa shape index (κ2) is 4.78. The van der Waals surface area contributed by atoms with Gasteiger partial charge in [-0.15, -0.1) is 0 Å². The van der Waals surface area contributed by atoms with Gasteiger partial charge >= 0.3 is 0 Å². The van der Waals surface area contributed by atoms with Crippen molar-refractivity contribution in [1.29, 1.82) is 0 Å². The van der Waals surface area contributed by atoms with E-state index in [4.69, 9.17) is 5.73 Å². The van der Waals surface area contributed by atoms with Gasteiger partial charge in [-0.3, -0.25) is 4.99 Å². The van der Waals surface area contributed by atoms with Crippen molar-refractivity contribution >= 4 is 26.2 Å². The quantitative estimate of drug-likeness (QED) is 0.848. The number of nitrogens with two attached hydrogens (primary N) is 1. The maximum atomic E-state index is 13.1. The highest BCUT2D eigenvalue weighted by Gasteiger charge is 2.30. The molecule has 2 atom stereocenters. The Kier molecular flexibility index (Phi) is 3.65. The van der Waals surface area contributed by atoms with Crippen LogP contribution in [-0.2, 0) is 11.2 Å². The maximum Gasteiger partial charge on any atom is 0.283 e. The second-order valence-electron chi connectivity index (χ2n) is 4.52. The van der Waals surface area contributed by atoms with Crippen LogP contribution in [-0.4, -0.2) is 10.9 Å². The number of aliphatic imine (C=N–C) groups is 1. The summed E-state index contributed by atoms with van der Waals surface area (Å²) in [5, 5.41) is 0.559. The molecule has 6 heteroatoms. The van der Waals surface area contributed by atoms with E-state index in [1.807, 2.05) is 6.92 Å². The van der Waals surface area contributed by atoms with Crippen LogP contribution in [0.1, 0.15) is 24.5 Å². The lowest BCUT2D eigenvalue weighted by Crippen LogP contribution is -2.28. The molecule has 0 bridgehead atoms. The van der Waals surface area contributed by atoms with E-state index in [1.54, 1.807) is 21.4 Å². The smallest absolute Gasteiger partial charge is 0.283 e. The van der Waals surface area contributed by atoms with Crippen LogP contribution < -0.4 is 5.73 Å². The monoisotopic (exact) mass is 288 g/mol. The minimum absolute atomic E-state index is 0.0121. The van der Waals surface area contributed by atoms with Gasteiger partial charge in [0.05, 0.1) is 5.54 Å². The van der Waals surface area contributed by atoms with Gasteiger partial charge in [0.25, 0.3) is 5.66 Å². The van der Waals surface area contributed by atoms with Crippen LogP contribution in [0, 0.1) is 0 Å². The average molecular weight is 288 g/mol. The fraction of sp³-hybridized carbons (Fsp3) is 0.417. The molecule has 2 N–H and O–H groups in total. The van der Waals surface area contributed by atoms with Crippen LogP contribution in [0.3, 0.4) is 0 Å². The van der Waals surface area contributed by atoms with Gasteiger partial charge < -0.3 is 5.73 Å². The second-order valence-corrected chi connectivity index (χ2v) is 6.36. The first-order chi connectivity index (χ1) is 8.31. The normalized spacial score (nSPS) is 24.8. The number of rotatable bonds is 2. The topological polar surface area (TPSA) is 38.4 Å². The van der Waals surface area contributed by atoms with Crippen LogP contribution in [0.15, 0.2) is 29.3 Å². The van der Waals surface area contributed by atoms with Crippen LogP contribution >= 0.6 is 21.0 Å². The number of alkyl halides is 2. The van der Waals surface area contributed by atoms with Crippen LogP contribution in [0.5, 0.6) is 0 Å². The van der Waals surface area contributed by atoms with E-state index in [0.29, 0.717) is 5.17 Å². The summed E-state index contributed by atoms with van der Waals surface area (Å²) in [6, 6.07) is 6.31. The summed E-state index contributed by atoms with van der Waals surface area (Å²) in [5.74, 6) is 0.896. The van der Waals surface area contributed by atoms with Gasteiger partial charge in [0.15, 0.2) is 5.17 Å². The first-order valence-electron chi connectivity index (χ1n) is 5.57. The van der Waals surface area contributed by atoms with E-state index in [1.165, 1.54) is 23.9 Å². The molecule has 0 aromatic heterocycles. The molecule has 1 aromatic carbocycles. The van der Waals surface area contributed by atoms with Crippen molar-refractivity contribution in [2.45, 2.75) is 24.5 Å². The molecule has 0 fully saturated rings. The lowest BCUT2D eigenvalue weighted by molar-refractivity contribution is 0.104. The Morgan fingerprint density at radius 3 is 2.50 bits per heavy atom. The Labute approximate surface area is 112 Å². The Balaban J connectivity index is 2.32. The summed E-state index contributed by atoms with van der Waals surface area (Å²) in [7, 11) is 1.54. The Morgan fingerprint density at radius 1 is 1.39 bits per heavy atom. The van der Waals surface area contributed by atoms with Gasteiger partial charge in [0, 0.05) is 11.3 Å². The number of hydrogen-bond donors (Lipinski definition) is 1. The first kappa shape index (κ1) is 13.8. The highest BCUT2D eigenvalue weighted by molar-refractivity contribution is 8.13. The average Bonchev–Trinajstić information content (AvgIpc) is 2.28. The number of hydrogen-bond acceptors (Lipinski definition) is 3. The molecule has 2 unspecified atom stereocenters. The summed E-state index contributed by atoms with van der Waals surface area (Å²) in [5.41, 5.74) is 3.36. The molecule has 98 valence electrons. The fourth-order valence-electron chi connectivity index (χ4n) is 1.95. The zero-order valence-electron chi connectivity index (χ0n) is 9.99. The molecule has 2 nitrogen and oxygen atoms in total. The van der Waals surface area contributed by atoms with Gasteiger partial charge in [-0.1, -0.05) is 45.3 Å². The van der Waals surface area contributed by atoms with E-state index in [0.717, 1.165) is 17.7 Å². The SMILES string of the molecule is CC1(c2ccc(C(F)(F)P)cc2)CCSC(N)=N1. The van der Waals surface area contributed by atoms with Crippen LogP contribution in [0.4, 0.5) is 8.78 Å². The molecule has 0 spiro atoms. The molecule has 1 aliphatic heterocycles. The van der Waals surface area contributed by atoms with Crippen LogP contribution in [0.2, 0.25) is 0 Å². The molecule has 0 radical (unpaired) electrons. The van der Waals surface area contributed by atoms with Gasteiger partial charge in [-0.2, -0.15) is 8.78 Å². The number of benzene rings is 1. The lowest BCUT2D eigenvalue weighted by Gasteiger charge is -2.30. The molecule has 1 aliphatic rings. The van der Waals surface area contributed by atoms with Crippen molar-refractivity contribution in [2.75, 3.05) is 5.75 Å². The third kappa shape index (κ3) is 2.83. The van der Waals surface area contributed by atoms with E-state index < -0.39 is 11.2 Å². The minimum Gasteiger partial charge on any atom is -0.379 e. The molecular formula is C12H15F2N2PS. The van der Waals surface area contributed by atoms with E-state index in [9.17, 15) is 8.78 Å². The van der Waals surface area contributed by atoms with Crippen LogP contribution in [0.25, 0.3) is 0 Å². The highest BCUT2D eigenvalue weighted by atomic mass is 32.2. The van der Waals surface area contributed by atoms with E-state index in [-0.39, 0.29) is 5.56 Å². The number of halogens is 2. The highest BCUT2D eigenvalue weighted by Crippen LogP contribution is 2.38. The van der Waals surface area contributed by atoms with Crippen molar-refractivity contribution in [3.63, 3.8) is 0 Å². The summed E-state index contributed by atoms with van der Waals surface area (Å²) in [6.07, 6.45) is 0.856. The molecule has 1 aromatic rings. The van der Waals surface area contributed by atoms with E-state index in [2.05, 4.69) is 4.99 Å². The van der Waals surface area contributed by atoms with E-state index >= 15 is 0 Å². The van der Waals surface area contributed by atoms with Crippen molar-refractivity contribution in [2.24, 2.45) is 10.7 Å².